The molecular weight excluding hydrogens is 250 g/mol. The maximum atomic E-state index is 12.0. The van der Waals surface area contributed by atoms with Gasteiger partial charge in [-0.2, -0.15) is 0 Å². The minimum Gasteiger partial charge on any atom is -0.292 e. The van der Waals surface area contributed by atoms with Gasteiger partial charge in [0.25, 0.3) is 11.1 Å². The number of aromatic amines is 1. The Kier molecular flexibility index (Phi) is 2.07. The maximum absolute atomic E-state index is 12.0. The number of hydrogen-bond acceptors (Lipinski definition) is 4. The first kappa shape index (κ1) is 11.5. The fraction of sp³-hybridized carbons (Fsp3) is 0.273. The van der Waals surface area contributed by atoms with E-state index < -0.39 is 11.2 Å². The highest BCUT2D eigenvalue weighted by Gasteiger charge is 2.16. The van der Waals surface area contributed by atoms with Gasteiger partial charge in [-0.15, -0.1) is 0 Å². The molecule has 0 aliphatic rings. The summed E-state index contributed by atoms with van der Waals surface area (Å²) in [5, 5.41) is 0. The molecule has 1 N–H and O–H groups in total. The molecule has 0 spiro atoms. The van der Waals surface area contributed by atoms with Crippen molar-refractivity contribution < 1.29 is 0 Å². The van der Waals surface area contributed by atoms with Gasteiger partial charge in [-0.1, -0.05) is 0 Å². The minimum atomic E-state index is -0.484. The monoisotopic (exact) mass is 261 g/mol. The number of H-pyrrole nitrogens is 1. The highest BCUT2D eigenvalue weighted by atomic mass is 16.2. The molecule has 0 saturated carbocycles. The second-order valence-electron chi connectivity index (χ2n) is 4.42. The van der Waals surface area contributed by atoms with Crippen molar-refractivity contribution in [2.24, 2.45) is 14.1 Å². The van der Waals surface area contributed by atoms with Crippen molar-refractivity contribution in [3.63, 3.8) is 0 Å². The highest BCUT2D eigenvalue weighted by molar-refractivity contribution is 5.75. The van der Waals surface area contributed by atoms with Gasteiger partial charge in [-0.3, -0.25) is 28.1 Å². The lowest BCUT2D eigenvalue weighted by Gasteiger charge is -2.05. The van der Waals surface area contributed by atoms with Gasteiger partial charge in [0.15, 0.2) is 11.2 Å². The Bertz CT molecular complexity index is 1000. The number of aromatic nitrogens is 5. The molecule has 8 nitrogen and oxygen atoms in total. The smallest absolute Gasteiger partial charge is 0.292 e. The van der Waals surface area contributed by atoms with E-state index in [9.17, 15) is 14.4 Å². The first-order valence-electron chi connectivity index (χ1n) is 5.60. The van der Waals surface area contributed by atoms with Crippen LogP contribution in [0.2, 0.25) is 0 Å². The molecule has 0 bridgehead atoms. The Morgan fingerprint density at radius 3 is 2.53 bits per heavy atom. The van der Waals surface area contributed by atoms with E-state index in [4.69, 9.17) is 0 Å². The van der Waals surface area contributed by atoms with E-state index in [1.807, 2.05) is 0 Å². The van der Waals surface area contributed by atoms with Crippen LogP contribution in [0.4, 0.5) is 0 Å². The van der Waals surface area contributed by atoms with Gasteiger partial charge in [-0.25, -0.2) is 9.78 Å². The summed E-state index contributed by atoms with van der Waals surface area (Å²) in [6, 6.07) is 1.38. The van der Waals surface area contributed by atoms with Crippen LogP contribution in [0.15, 0.2) is 20.4 Å². The summed E-state index contributed by atoms with van der Waals surface area (Å²) < 4.78 is 3.91. The Morgan fingerprint density at radius 1 is 1.16 bits per heavy atom. The number of aryl methyl sites for hydroxylation is 2. The Morgan fingerprint density at radius 2 is 1.84 bits per heavy atom. The molecule has 3 heterocycles. The van der Waals surface area contributed by atoms with E-state index in [1.54, 1.807) is 18.4 Å². The van der Waals surface area contributed by atoms with Gasteiger partial charge in [0, 0.05) is 25.9 Å². The zero-order valence-corrected chi connectivity index (χ0v) is 10.6. The summed E-state index contributed by atoms with van der Waals surface area (Å²) >= 11 is 0. The molecule has 0 fully saturated rings. The lowest BCUT2D eigenvalue weighted by atomic mass is 10.4. The van der Waals surface area contributed by atoms with Crippen LogP contribution in [0.25, 0.3) is 16.9 Å². The molecule has 0 radical (unpaired) electrons. The topological polar surface area (TPSA) is 94.2 Å². The molecular formula is C11H11N5O3. The largest absolute Gasteiger partial charge is 0.332 e. The van der Waals surface area contributed by atoms with Crippen LogP contribution in [0, 0.1) is 6.92 Å². The van der Waals surface area contributed by atoms with Crippen molar-refractivity contribution in [2.75, 3.05) is 0 Å². The molecule has 0 amide bonds. The van der Waals surface area contributed by atoms with Crippen molar-refractivity contribution >= 4 is 16.9 Å². The van der Waals surface area contributed by atoms with Gasteiger partial charge in [-0.05, 0) is 6.92 Å². The SMILES string of the molecule is Cc1cc(=O)[nH]c2nc3c(=O)n(C)c(=O)n(C)c3n12. The van der Waals surface area contributed by atoms with Gasteiger partial charge in [0.1, 0.15) is 0 Å². The first-order chi connectivity index (χ1) is 8.91. The normalized spacial score (nSPS) is 11.5. The van der Waals surface area contributed by atoms with E-state index in [0.717, 1.165) is 4.57 Å². The van der Waals surface area contributed by atoms with Crippen LogP contribution in [0.5, 0.6) is 0 Å². The number of imidazole rings is 1. The molecule has 0 aromatic carbocycles. The van der Waals surface area contributed by atoms with Gasteiger partial charge in [0.05, 0.1) is 0 Å². The van der Waals surface area contributed by atoms with E-state index in [2.05, 4.69) is 9.97 Å². The molecule has 3 aromatic heterocycles. The summed E-state index contributed by atoms with van der Waals surface area (Å²) in [4.78, 5) is 42.1. The van der Waals surface area contributed by atoms with Crippen LogP contribution >= 0.6 is 0 Å². The Hall–Kier alpha value is -2.64. The molecule has 0 aliphatic carbocycles. The van der Waals surface area contributed by atoms with Gasteiger partial charge < -0.3 is 0 Å². The molecule has 3 aromatic rings. The van der Waals surface area contributed by atoms with Gasteiger partial charge >= 0.3 is 5.69 Å². The average molecular weight is 261 g/mol. The van der Waals surface area contributed by atoms with E-state index in [0.29, 0.717) is 11.3 Å². The second kappa shape index (κ2) is 3.44. The van der Waals surface area contributed by atoms with Crippen molar-refractivity contribution in [3.8, 4) is 0 Å². The fourth-order valence-electron chi connectivity index (χ4n) is 2.24. The number of nitrogens with one attached hydrogen (secondary N) is 1. The molecule has 98 valence electrons. The lowest BCUT2D eigenvalue weighted by molar-refractivity contribution is 0.705. The molecule has 0 aliphatic heterocycles. The van der Waals surface area contributed by atoms with Crippen LogP contribution < -0.4 is 16.8 Å². The van der Waals surface area contributed by atoms with E-state index in [-0.39, 0.29) is 16.9 Å². The standard InChI is InChI=1S/C11H11N5O3/c1-5-4-6(17)12-10-13-7-8(16(5)10)14(2)11(19)15(3)9(7)18/h4H,1-3H3,(H,12,13,17). The Labute approximate surface area is 105 Å². The Balaban J connectivity index is 2.80. The van der Waals surface area contributed by atoms with Crippen LogP contribution in [-0.4, -0.2) is 23.5 Å². The third kappa shape index (κ3) is 1.33. The van der Waals surface area contributed by atoms with E-state index in [1.165, 1.54) is 17.7 Å². The molecule has 3 rings (SSSR count). The third-order valence-corrected chi connectivity index (χ3v) is 3.18. The van der Waals surface area contributed by atoms with E-state index >= 15 is 0 Å². The van der Waals surface area contributed by atoms with Crippen LogP contribution in [-0.2, 0) is 14.1 Å². The zero-order chi connectivity index (χ0) is 13.9. The number of hydrogen-bond donors (Lipinski definition) is 1. The van der Waals surface area contributed by atoms with Crippen LogP contribution in [0.1, 0.15) is 5.69 Å². The predicted molar refractivity (Wildman–Crippen MR) is 68.5 cm³/mol. The van der Waals surface area contributed by atoms with Crippen molar-refractivity contribution in [2.45, 2.75) is 6.92 Å². The summed E-state index contributed by atoms with van der Waals surface area (Å²) in [7, 11) is 2.95. The fourth-order valence-corrected chi connectivity index (χ4v) is 2.24. The molecule has 8 heteroatoms. The first-order valence-corrected chi connectivity index (χ1v) is 5.60. The maximum Gasteiger partial charge on any atom is 0.332 e. The highest BCUT2D eigenvalue weighted by Crippen LogP contribution is 2.10. The van der Waals surface area contributed by atoms with Crippen LogP contribution in [0.3, 0.4) is 0 Å². The molecule has 0 saturated heterocycles. The van der Waals surface area contributed by atoms with Crippen molar-refractivity contribution in [1.82, 2.24) is 23.5 Å². The number of rotatable bonds is 0. The molecule has 0 atom stereocenters. The van der Waals surface area contributed by atoms with Crippen molar-refractivity contribution in [3.05, 3.63) is 43.0 Å². The molecule has 19 heavy (non-hydrogen) atoms. The van der Waals surface area contributed by atoms with Gasteiger partial charge in [0.2, 0.25) is 5.78 Å². The molecule has 0 unspecified atom stereocenters. The number of fused-ring (bicyclic) bond motifs is 3. The summed E-state index contributed by atoms with van der Waals surface area (Å²) in [5.41, 5.74) is -0.106. The summed E-state index contributed by atoms with van der Waals surface area (Å²) in [5.74, 6) is 0.248. The quantitative estimate of drug-likeness (QED) is 0.554. The predicted octanol–water partition coefficient (Wildman–Crippen LogP) is -1.12. The number of nitrogens with zero attached hydrogens (tertiary/aromatic N) is 4. The third-order valence-electron chi connectivity index (χ3n) is 3.18. The van der Waals surface area contributed by atoms with Crippen molar-refractivity contribution in [1.29, 1.82) is 0 Å². The second-order valence-corrected chi connectivity index (χ2v) is 4.42. The zero-order valence-electron chi connectivity index (χ0n) is 10.6. The minimum absolute atomic E-state index is 0.148. The average Bonchev–Trinajstić information content (AvgIpc) is 2.73. The summed E-state index contributed by atoms with van der Waals surface area (Å²) in [6.07, 6.45) is 0. The lowest BCUT2D eigenvalue weighted by Crippen LogP contribution is -2.37. The summed E-state index contributed by atoms with van der Waals surface area (Å²) in [6.45, 7) is 1.71.